The highest BCUT2D eigenvalue weighted by atomic mass is 31.0. The first kappa shape index (κ1) is 15.6. The van der Waals surface area contributed by atoms with Crippen molar-refractivity contribution in [2.45, 2.75) is 11.1 Å². The largest absolute Gasteiger partial charge is 0.299 e. The normalized spacial score (nSPS) is 15.7. The minimum Gasteiger partial charge on any atom is -0.227 e. The summed E-state index contributed by atoms with van der Waals surface area (Å²) in [6.07, 6.45) is 0. The van der Waals surface area contributed by atoms with Gasteiger partial charge in [-0.1, -0.05) is 18.5 Å². The Morgan fingerprint density at radius 2 is 0.889 bits per heavy atom. The van der Waals surface area contributed by atoms with Gasteiger partial charge in [0, 0.05) is 0 Å². The third kappa shape index (κ3) is 2.21. The van der Waals surface area contributed by atoms with Gasteiger partial charge in [0.05, 0.1) is 5.56 Å². The van der Waals surface area contributed by atoms with Crippen LogP contribution in [0.3, 0.4) is 0 Å². The van der Waals surface area contributed by atoms with Gasteiger partial charge in [-0.15, -0.1) is 0 Å². The fraction of sp³-hybridized carbons (Fsp3) is 0.250. The number of rotatable bonds is 2. The molecule has 0 aliphatic heterocycles. The number of benzene rings is 1. The minimum absolute atomic E-state index is 0.622. The SMILES string of the molecule is Fc1c(F)c(F)c(C(F)(P)C(F)(F)P)c(F)c1F. The van der Waals surface area contributed by atoms with E-state index in [4.69, 9.17) is 0 Å². The van der Waals surface area contributed by atoms with Crippen molar-refractivity contribution >= 4 is 18.5 Å². The Balaban J connectivity index is 3.72. The van der Waals surface area contributed by atoms with Crippen LogP contribution in [0.5, 0.6) is 0 Å². The second-order valence-electron chi connectivity index (χ2n) is 3.28. The zero-order valence-electron chi connectivity index (χ0n) is 8.18. The van der Waals surface area contributed by atoms with Crippen LogP contribution in [-0.2, 0) is 5.41 Å². The highest BCUT2D eigenvalue weighted by Gasteiger charge is 2.53. The molecule has 1 rings (SSSR count). The Hall–Kier alpha value is -0.480. The van der Waals surface area contributed by atoms with E-state index in [9.17, 15) is 35.1 Å². The van der Waals surface area contributed by atoms with Crippen molar-refractivity contribution in [3.05, 3.63) is 34.6 Å². The molecular weight excluding hydrogens is 310 g/mol. The second-order valence-corrected chi connectivity index (χ2v) is 4.80. The van der Waals surface area contributed by atoms with Gasteiger partial charge in [-0.3, -0.25) is 0 Å². The van der Waals surface area contributed by atoms with Crippen molar-refractivity contribution in [2.75, 3.05) is 0 Å². The number of hydrogen-bond acceptors (Lipinski definition) is 0. The molecule has 0 bridgehead atoms. The van der Waals surface area contributed by atoms with Crippen molar-refractivity contribution in [1.29, 1.82) is 0 Å². The highest BCUT2D eigenvalue weighted by Crippen LogP contribution is 2.52. The van der Waals surface area contributed by atoms with Crippen LogP contribution in [0.15, 0.2) is 0 Å². The first-order chi connectivity index (χ1) is 7.93. The molecule has 0 aliphatic rings. The van der Waals surface area contributed by atoms with Crippen molar-refractivity contribution < 1.29 is 35.1 Å². The average molecular weight is 314 g/mol. The smallest absolute Gasteiger partial charge is 0.227 e. The molecule has 0 aromatic heterocycles. The molecule has 0 amide bonds. The summed E-state index contributed by atoms with van der Waals surface area (Å²) in [5.41, 5.74) is -6.71. The molecule has 0 nitrogen and oxygen atoms in total. The molecule has 1 aromatic carbocycles. The Bertz CT molecular complexity index is 464. The third-order valence-electron chi connectivity index (χ3n) is 2.06. The lowest BCUT2D eigenvalue weighted by Gasteiger charge is -2.28. The molecule has 102 valence electrons. The average Bonchev–Trinajstić information content (AvgIpc) is 2.22. The van der Waals surface area contributed by atoms with Gasteiger partial charge in [-0.05, 0) is 0 Å². The maximum Gasteiger partial charge on any atom is 0.299 e. The van der Waals surface area contributed by atoms with Gasteiger partial charge < -0.3 is 0 Å². The molecule has 0 saturated heterocycles. The molecule has 0 heterocycles. The van der Waals surface area contributed by atoms with Crippen LogP contribution in [0.1, 0.15) is 5.56 Å². The molecule has 0 N–H and O–H groups in total. The lowest BCUT2D eigenvalue weighted by atomic mass is 10.1. The summed E-state index contributed by atoms with van der Waals surface area (Å²) < 4.78 is 104. The molecule has 1 aromatic rings. The Kier molecular flexibility index (Phi) is 3.95. The van der Waals surface area contributed by atoms with Gasteiger partial charge in [-0.2, -0.15) is 8.78 Å². The lowest BCUT2D eigenvalue weighted by molar-refractivity contribution is -0.0159. The van der Waals surface area contributed by atoms with E-state index in [2.05, 4.69) is 0 Å². The van der Waals surface area contributed by atoms with Crippen molar-refractivity contribution in [3.63, 3.8) is 0 Å². The zero-order chi connectivity index (χ0) is 14.5. The Morgan fingerprint density at radius 1 is 0.611 bits per heavy atom. The van der Waals surface area contributed by atoms with Crippen LogP contribution >= 0.6 is 18.5 Å². The fourth-order valence-electron chi connectivity index (χ4n) is 1.09. The van der Waals surface area contributed by atoms with Crippen molar-refractivity contribution in [1.82, 2.24) is 0 Å². The summed E-state index contributed by atoms with van der Waals surface area (Å²) in [4.78, 5) is 0. The number of halogens is 8. The zero-order valence-corrected chi connectivity index (χ0v) is 10.5. The summed E-state index contributed by atoms with van der Waals surface area (Å²) in [5, 5.41) is -4.17. The number of hydrogen-bond donors (Lipinski definition) is 0. The third-order valence-corrected chi connectivity index (χ3v) is 3.49. The Labute approximate surface area is 100 Å². The van der Waals surface area contributed by atoms with Gasteiger partial charge in [0.2, 0.25) is 11.2 Å². The molecule has 0 spiro atoms. The fourth-order valence-corrected chi connectivity index (χ4v) is 1.49. The summed E-state index contributed by atoms with van der Waals surface area (Å²) in [6, 6.07) is 0. The maximum absolute atomic E-state index is 13.6. The first-order valence-corrected chi connectivity index (χ1v) is 5.24. The quantitative estimate of drug-likeness (QED) is 0.337. The molecule has 0 fully saturated rings. The highest BCUT2D eigenvalue weighted by molar-refractivity contribution is 7.24. The van der Waals surface area contributed by atoms with Gasteiger partial charge in [0.15, 0.2) is 23.3 Å². The van der Waals surface area contributed by atoms with Crippen molar-refractivity contribution in [3.8, 4) is 0 Å². The predicted octanol–water partition coefficient (Wildman–Crippen LogP) is 3.85. The van der Waals surface area contributed by atoms with E-state index in [1.54, 1.807) is 0 Å². The molecular formula is C8H4F8P2. The van der Waals surface area contributed by atoms with Gasteiger partial charge in [0.25, 0.3) is 5.66 Å². The van der Waals surface area contributed by atoms with E-state index >= 15 is 0 Å². The standard InChI is InChI=1S/C8H4F8P2/c9-2-1(7(14,17)8(15,16)18)3(10)5(12)6(13)4(2)11/h17-18H2. The summed E-state index contributed by atoms with van der Waals surface area (Å²) in [6.45, 7) is 0. The summed E-state index contributed by atoms with van der Waals surface area (Å²) in [7, 11) is 1.35. The van der Waals surface area contributed by atoms with E-state index in [1.165, 1.54) is 0 Å². The monoisotopic (exact) mass is 314 g/mol. The molecule has 0 radical (unpaired) electrons. The molecule has 18 heavy (non-hydrogen) atoms. The van der Waals surface area contributed by atoms with Crippen LogP contribution in [0.4, 0.5) is 35.1 Å². The minimum atomic E-state index is -4.46. The van der Waals surface area contributed by atoms with Gasteiger partial charge >= 0.3 is 0 Å². The number of alkyl halides is 3. The molecule has 0 aliphatic carbocycles. The van der Waals surface area contributed by atoms with E-state index < -0.39 is 45.7 Å². The van der Waals surface area contributed by atoms with E-state index in [1.807, 2.05) is 0 Å². The van der Waals surface area contributed by atoms with E-state index in [-0.39, 0.29) is 0 Å². The second kappa shape index (κ2) is 4.57. The van der Waals surface area contributed by atoms with Gasteiger partial charge in [0.1, 0.15) is 0 Å². The lowest BCUT2D eigenvalue weighted by Crippen LogP contribution is -2.33. The molecule has 10 heteroatoms. The van der Waals surface area contributed by atoms with Crippen LogP contribution in [0.2, 0.25) is 0 Å². The molecule has 3 atom stereocenters. The van der Waals surface area contributed by atoms with Crippen LogP contribution in [0.25, 0.3) is 0 Å². The van der Waals surface area contributed by atoms with E-state index in [0.29, 0.717) is 9.24 Å². The van der Waals surface area contributed by atoms with Crippen LogP contribution in [-0.4, -0.2) is 5.66 Å². The topological polar surface area (TPSA) is 0 Å². The van der Waals surface area contributed by atoms with Crippen LogP contribution < -0.4 is 0 Å². The van der Waals surface area contributed by atoms with Crippen molar-refractivity contribution in [2.24, 2.45) is 0 Å². The summed E-state index contributed by atoms with van der Waals surface area (Å²) in [5.74, 6) is -12.8. The Morgan fingerprint density at radius 3 is 1.17 bits per heavy atom. The van der Waals surface area contributed by atoms with Crippen LogP contribution in [0, 0.1) is 29.1 Å². The van der Waals surface area contributed by atoms with Gasteiger partial charge in [-0.25, -0.2) is 26.3 Å². The molecule has 3 unspecified atom stereocenters. The first-order valence-electron chi connectivity index (χ1n) is 4.09. The van der Waals surface area contributed by atoms with E-state index in [0.717, 1.165) is 9.24 Å². The summed E-state index contributed by atoms with van der Waals surface area (Å²) >= 11 is 0. The molecule has 0 saturated carbocycles. The predicted molar refractivity (Wildman–Crippen MR) is 53.4 cm³/mol. The maximum atomic E-state index is 13.6.